The first-order valence-corrected chi connectivity index (χ1v) is 16.2. The molecule has 1 heterocycles. The van der Waals surface area contributed by atoms with Gasteiger partial charge < -0.3 is 50.3 Å². The second-order valence-electron chi connectivity index (χ2n) is 15.1. The minimum absolute atomic E-state index is 0.00209. The van der Waals surface area contributed by atoms with Crippen LogP contribution in [0.4, 0.5) is 0 Å². The highest BCUT2D eigenvalue weighted by Crippen LogP contribution is 2.69. The molecule has 43 heavy (non-hydrogen) atoms. The predicted molar refractivity (Wildman–Crippen MR) is 157 cm³/mol. The van der Waals surface area contributed by atoms with Crippen LogP contribution in [0.25, 0.3) is 0 Å². The smallest absolute Gasteiger partial charge is 0.186 e. The van der Waals surface area contributed by atoms with Crippen LogP contribution in [0.3, 0.4) is 0 Å². The molecule has 246 valence electrons. The van der Waals surface area contributed by atoms with Gasteiger partial charge in [-0.05, 0) is 78.6 Å². The van der Waals surface area contributed by atoms with E-state index in [0.717, 1.165) is 24.0 Å². The summed E-state index contributed by atoms with van der Waals surface area (Å²) in [6, 6.07) is 0. The van der Waals surface area contributed by atoms with E-state index in [1.807, 2.05) is 13.0 Å². The molecule has 8 N–H and O–H groups in total. The molecule has 16 atom stereocenters. The largest absolute Gasteiger partial charge is 0.396 e. The van der Waals surface area contributed by atoms with Crippen LogP contribution >= 0.6 is 0 Å². The van der Waals surface area contributed by atoms with E-state index in [-0.39, 0.29) is 43.3 Å². The number of hydrogen-bond acceptors (Lipinski definition) is 10. The molecule has 10 nitrogen and oxygen atoms in total. The number of fused-ring (bicyclic) bond motifs is 5. The molecular formula is C33H54O10. The summed E-state index contributed by atoms with van der Waals surface area (Å²) in [6.07, 6.45) is -2.81. The first-order valence-electron chi connectivity index (χ1n) is 16.2. The summed E-state index contributed by atoms with van der Waals surface area (Å²) in [4.78, 5) is 0. The fourth-order valence-corrected chi connectivity index (χ4v) is 10.1. The van der Waals surface area contributed by atoms with Crippen molar-refractivity contribution in [3.8, 4) is 0 Å². The van der Waals surface area contributed by atoms with Gasteiger partial charge in [0.1, 0.15) is 18.3 Å². The van der Waals surface area contributed by atoms with Crippen LogP contribution < -0.4 is 0 Å². The highest BCUT2D eigenvalue weighted by Gasteiger charge is 2.72. The Hall–Kier alpha value is -0.920. The maximum atomic E-state index is 12.6. The molecule has 0 aromatic rings. The molecule has 10 heteroatoms. The minimum Gasteiger partial charge on any atom is -0.396 e. The van der Waals surface area contributed by atoms with Crippen molar-refractivity contribution in [2.24, 2.45) is 40.4 Å². The number of hydrogen-bond donors (Lipinski definition) is 8. The standard InChI is InChI=1S/C33H54O10/c1-16(18(3)14-34)6-7-17(2)24-26(38)27(39)29-32(24,5)11-9-23-31(4)10-8-19(12-20(31)21(35)13-33(23,29)41)43-30-28(40)25(37)22(36)15-42-30/h12,17-19,21-30,34-41H,1,6-11,13-15H2,2-5H3. The van der Waals surface area contributed by atoms with Crippen LogP contribution in [-0.2, 0) is 9.47 Å². The van der Waals surface area contributed by atoms with Crippen molar-refractivity contribution in [3.63, 3.8) is 0 Å². The maximum Gasteiger partial charge on any atom is 0.186 e. The van der Waals surface area contributed by atoms with Gasteiger partial charge in [-0.25, -0.2) is 0 Å². The lowest BCUT2D eigenvalue weighted by atomic mass is 9.43. The molecule has 1 saturated heterocycles. The molecule has 0 bridgehead atoms. The normalized spacial score (nSPS) is 51.1. The predicted octanol–water partition coefficient (Wildman–Crippen LogP) is 1.02. The van der Waals surface area contributed by atoms with Crippen LogP contribution in [0.5, 0.6) is 0 Å². The Labute approximate surface area is 255 Å². The van der Waals surface area contributed by atoms with E-state index in [0.29, 0.717) is 25.7 Å². The second-order valence-corrected chi connectivity index (χ2v) is 15.1. The van der Waals surface area contributed by atoms with Gasteiger partial charge in [0.25, 0.3) is 0 Å². The van der Waals surface area contributed by atoms with Crippen LogP contribution in [0.1, 0.15) is 72.6 Å². The van der Waals surface area contributed by atoms with Crippen molar-refractivity contribution < 1.29 is 50.3 Å². The summed E-state index contributed by atoms with van der Waals surface area (Å²) in [6.45, 7) is 12.2. The van der Waals surface area contributed by atoms with Crippen molar-refractivity contribution in [1.82, 2.24) is 0 Å². The summed E-state index contributed by atoms with van der Waals surface area (Å²) in [7, 11) is 0. The Balaban J connectivity index is 1.37. The summed E-state index contributed by atoms with van der Waals surface area (Å²) in [5.74, 6) is -1.05. The average Bonchev–Trinajstić information content (AvgIpc) is 3.16. The first kappa shape index (κ1) is 33.4. The third-order valence-corrected chi connectivity index (χ3v) is 12.5. The number of aliphatic hydroxyl groups is 8. The SMILES string of the molecule is C=C(CCC(C)C1C(O)C(O)C2C1(C)CCC1C3(C)CCC(OC4OCC(O)C(O)C4O)C=C3C(O)CC12O)C(C)CO. The Morgan fingerprint density at radius 1 is 1.02 bits per heavy atom. The Bertz CT molecular complexity index is 1070. The zero-order valence-corrected chi connectivity index (χ0v) is 26.0. The molecule has 16 unspecified atom stereocenters. The third kappa shape index (κ3) is 5.37. The van der Waals surface area contributed by atoms with Gasteiger partial charge in [0.2, 0.25) is 0 Å². The molecule has 0 radical (unpaired) electrons. The zero-order chi connectivity index (χ0) is 31.6. The highest BCUT2D eigenvalue weighted by molar-refractivity contribution is 5.33. The molecule has 1 aliphatic heterocycles. The lowest BCUT2D eigenvalue weighted by Crippen LogP contribution is -2.66. The molecule has 0 amide bonds. The van der Waals surface area contributed by atoms with E-state index in [1.54, 1.807) is 0 Å². The summed E-state index contributed by atoms with van der Waals surface area (Å²) in [5, 5.41) is 86.9. The Morgan fingerprint density at radius 3 is 2.40 bits per heavy atom. The van der Waals surface area contributed by atoms with E-state index < -0.39 is 71.4 Å². The quantitative estimate of drug-likeness (QED) is 0.185. The zero-order valence-electron chi connectivity index (χ0n) is 26.0. The molecule has 0 aromatic carbocycles. The third-order valence-electron chi connectivity index (χ3n) is 12.5. The molecule has 0 spiro atoms. The van der Waals surface area contributed by atoms with Crippen molar-refractivity contribution in [3.05, 3.63) is 23.8 Å². The molecule has 3 saturated carbocycles. The van der Waals surface area contributed by atoms with E-state index in [9.17, 15) is 40.9 Å². The van der Waals surface area contributed by atoms with Crippen molar-refractivity contribution in [1.29, 1.82) is 0 Å². The minimum atomic E-state index is -1.41. The molecule has 5 aliphatic rings. The van der Waals surface area contributed by atoms with Crippen LogP contribution in [0, 0.1) is 40.4 Å². The monoisotopic (exact) mass is 610 g/mol. The van der Waals surface area contributed by atoms with Crippen LogP contribution in [0.15, 0.2) is 23.8 Å². The fourth-order valence-electron chi connectivity index (χ4n) is 10.1. The number of rotatable bonds is 8. The van der Waals surface area contributed by atoms with Gasteiger partial charge in [-0.2, -0.15) is 0 Å². The second kappa shape index (κ2) is 12.0. The van der Waals surface area contributed by atoms with Gasteiger partial charge in [-0.3, -0.25) is 0 Å². The van der Waals surface area contributed by atoms with Gasteiger partial charge in [0.05, 0.1) is 36.6 Å². The highest BCUT2D eigenvalue weighted by atomic mass is 16.7. The van der Waals surface area contributed by atoms with Crippen LogP contribution in [-0.4, -0.2) is 109 Å². The van der Waals surface area contributed by atoms with Crippen LogP contribution in [0.2, 0.25) is 0 Å². The van der Waals surface area contributed by atoms with Crippen molar-refractivity contribution >= 4 is 0 Å². The van der Waals surface area contributed by atoms with Gasteiger partial charge in [-0.1, -0.05) is 45.9 Å². The van der Waals surface area contributed by atoms with Gasteiger partial charge in [0.15, 0.2) is 6.29 Å². The lowest BCUT2D eigenvalue weighted by Gasteiger charge is -2.64. The summed E-state index contributed by atoms with van der Waals surface area (Å²) < 4.78 is 11.4. The number of aliphatic hydroxyl groups excluding tert-OH is 7. The molecule has 5 rings (SSSR count). The van der Waals surface area contributed by atoms with Gasteiger partial charge in [-0.15, -0.1) is 0 Å². The van der Waals surface area contributed by atoms with Gasteiger partial charge >= 0.3 is 0 Å². The topological polar surface area (TPSA) is 180 Å². The van der Waals surface area contributed by atoms with Crippen molar-refractivity contribution in [2.45, 2.75) is 127 Å². The maximum absolute atomic E-state index is 12.6. The average molecular weight is 611 g/mol. The Morgan fingerprint density at radius 2 is 1.72 bits per heavy atom. The number of ether oxygens (including phenoxy) is 2. The van der Waals surface area contributed by atoms with E-state index in [4.69, 9.17) is 9.47 Å². The lowest BCUT2D eigenvalue weighted by molar-refractivity contribution is -0.280. The summed E-state index contributed by atoms with van der Waals surface area (Å²) >= 11 is 0. The fraction of sp³-hybridized carbons (Fsp3) is 0.879. The van der Waals surface area contributed by atoms with E-state index >= 15 is 0 Å². The van der Waals surface area contributed by atoms with Crippen molar-refractivity contribution in [2.75, 3.05) is 13.2 Å². The van der Waals surface area contributed by atoms with E-state index in [2.05, 4.69) is 27.4 Å². The Kier molecular flexibility index (Phi) is 9.35. The molecule has 4 aliphatic carbocycles. The molecular weight excluding hydrogens is 556 g/mol. The van der Waals surface area contributed by atoms with E-state index in [1.165, 1.54) is 0 Å². The molecule has 4 fully saturated rings. The van der Waals surface area contributed by atoms with Gasteiger partial charge in [0, 0.05) is 18.9 Å². The first-order chi connectivity index (χ1) is 20.1. The molecule has 0 aromatic heterocycles. The summed E-state index contributed by atoms with van der Waals surface area (Å²) in [5.41, 5.74) is -0.763.